The van der Waals surface area contributed by atoms with Crippen molar-refractivity contribution in [3.05, 3.63) is 42.0 Å². The van der Waals surface area contributed by atoms with Crippen LogP contribution < -0.4 is 5.32 Å². The Bertz CT molecular complexity index is 462. The van der Waals surface area contributed by atoms with Gasteiger partial charge in [0.05, 0.1) is 17.6 Å². The van der Waals surface area contributed by atoms with Crippen LogP contribution in [0.4, 0.5) is 0 Å². The van der Waals surface area contributed by atoms with Gasteiger partial charge in [0.2, 0.25) is 0 Å². The topological polar surface area (TPSA) is 42.7 Å². The summed E-state index contributed by atoms with van der Waals surface area (Å²) in [6, 6.07) is 4.01. The smallest absolute Gasteiger partial charge is 0.0679 e. The van der Waals surface area contributed by atoms with Crippen LogP contribution in [0.3, 0.4) is 0 Å². The van der Waals surface area contributed by atoms with Crippen LogP contribution in [0.15, 0.2) is 30.7 Å². The molecule has 84 valence electrons. The van der Waals surface area contributed by atoms with Gasteiger partial charge in [0.15, 0.2) is 0 Å². The van der Waals surface area contributed by atoms with Crippen molar-refractivity contribution in [2.75, 3.05) is 6.54 Å². The van der Waals surface area contributed by atoms with Crippen molar-refractivity contribution in [3.8, 4) is 5.69 Å². The lowest BCUT2D eigenvalue weighted by molar-refractivity contribution is 0.708. The summed E-state index contributed by atoms with van der Waals surface area (Å²) in [5.74, 6) is 0. The van der Waals surface area contributed by atoms with Crippen LogP contribution in [-0.4, -0.2) is 21.3 Å². The van der Waals surface area contributed by atoms with Gasteiger partial charge in [-0.1, -0.05) is 6.92 Å². The van der Waals surface area contributed by atoms with Crippen molar-refractivity contribution in [1.82, 2.24) is 20.1 Å². The molecule has 4 heteroatoms. The fourth-order valence-corrected chi connectivity index (χ4v) is 1.51. The Labute approximate surface area is 95.3 Å². The van der Waals surface area contributed by atoms with Gasteiger partial charge in [-0.05, 0) is 31.2 Å². The van der Waals surface area contributed by atoms with Crippen molar-refractivity contribution in [2.45, 2.75) is 20.4 Å². The summed E-state index contributed by atoms with van der Waals surface area (Å²) in [7, 11) is 0. The molecule has 0 amide bonds. The molecule has 0 radical (unpaired) electrons. The lowest BCUT2D eigenvalue weighted by atomic mass is 10.3. The number of nitrogens with one attached hydrogen (secondary N) is 1. The molecule has 0 saturated heterocycles. The van der Waals surface area contributed by atoms with Gasteiger partial charge in [0.25, 0.3) is 0 Å². The standard InChI is InChI=1S/C12H16N4/c1-3-13-8-11-6-12(4-5-14-11)16-9-10(2)7-15-16/h4-7,9,13H,3,8H2,1-2H3. The van der Waals surface area contributed by atoms with Crippen LogP contribution in [0.2, 0.25) is 0 Å². The maximum absolute atomic E-state index is 4.31. The van der Waals surface area contributed by atoms with Gasteiger partial charge >= 0.3 is 0 Å². The van der Waals surface area contributed by atoms with E-state index >= 15 is 0 Å². The lowest BCUT2D eigenvalue weighted by Gasteiger charge is -2.04. The van der Waals surface area contributed by atoms with E-state index in [4.69, 9.17) is 0 Å². The molecule has 0 aliphatic carbocycles. The first kappa shape index (κ1) is 10.8. The van der Waals surface area contributed by atoms with Gasteiger partial charge in [-0.3, -0.25) is 4.98 Å². The molecule has 0 spiro atoms. The summed E-state index contributed by atoms with van der Waals surface area (Å²) in [4.78, 5) is 4.31. The molecule has 0 bridgehead atoms. The molecule has 16 heavy (non-hydrogen) atoms. The predicted octanol–water partition coefficient (Wildman–Crippen LogP) is 1.69. The molecule has 2 rings (SSSR count). The summed E-state index contributed by atoms with van der Waals surface area (Å²) in [6.07, 6.45) is 5.68. The van der Waals surface area contributed by atoms with Gasteiger partial charge in [-0.2, -0.15) is 5.10 Å². The number of aryl methyl sites for hydroxylation is 1. The SMILES string of the molecule is CCNCc1cc(-n2cc(C)cn2)ccn1. The Hall–Kier alpha value is -1.68. The normalized spacial score (nSPS) is 10.6. The van der Waals surface area contributed by atoms with Gasteiger partial charge < -0.3 is 5.32 Å². The van der Waals surface area contributed by atoms with E-state index in [9.17, 15) is 0 Å². The molecule has 0 aliphatic heterocycles. The van der Waals surface area contributed by atoms with E-state index in [-0.39, 0.29) is 0 Å². The summed E-state index contributed by atoms with van der Waals surface area (Å²) < 4.78 is 1.87. The maximum atomic E-state index is 4.31. The molecule has 4 nitrogen and oxygen atoms in total. The second-order valence-corrected chi connectivity index (χ2v) is 3.75. The number of pyridine rings is 1. The minimum Gasteiger partial charge on any atom is -0.311 e. The molecule has 0 aromatic carbocycles. The molecule has 2 aromatic rings. The third kappa shape index (κ3) is 2.46. The van der Waals surface area contributed by atoms with Gasteiger partial charge in [0, 0.05) is 18.9 Å². The average Bonchev–Trinajstić information content (AvgIpc) is 2.74. The number of aromatic nitrogens is 3. The zero-order chi connectivity index (χ0) is 11.4. The molecule has 0 unspecified atom stereocenters. The van der Waals surface area contributed by atoms with Crippen LogP contribution in [0.1, 0.15) is 18.2 Å². The zero-order valence-corrected chi connectivity index (χ0v) is 9.64. The van der Waals surface area contributed by atoms with Gasteiger partial charge in [-0.25, -0.2) is 4.68 Å². The molecule has 0 fully saturated rings. The molecule has 0 aliphatic rings. The van der Waals surface area contributed by atoms with Crippen molar-refractivity contribution >= 4 is 0 Å². The van der Waals surface area contributed by atoms with Crippen LogP contribution >= 0.6 is 0 Å². The highest BCUT2D eigenvalue weighted by molar-refractivity contribution is 5.31. The van der Waals surface area contributed by atoms with E-state index in [1.807, 2.05) is 36.3 Å². The van der Waals surface area contributed by atoms with Crippen LogP contribution in [-0.2, 0) is 6.54 Å². The second-order valence-electron chi connectivity index (χ2n) is 3.75. The van der Waals surface area contributed by atoms with E-state index in [0.717, 1.165) is 30.0 Å². The van der Waals surface area contributed by atoms with Gasteiger partial charge in [-0.15, -0.1) is 0 Å². The third-order valence-electron chi connectivity index (χ3n) is 2.33. The summed E-state index contributed by atoms with van der Waals surface area (Å²) in [6.45, 7) is 5.86. The van der Waals surface area contributed by atoms with Crippen molar-refractivity contribution in [2.24, 2.45) is 0 Å². The minimum absolute atomic E-state index is 0.796. The number of hydrogen-bond acceptors (Lipinski definition) is 3. The Morgan fingerprint density at radius 1 is 1.44 bits per heavy atom. The van der Waals surface area contributed by atoms with E-state index in [2.05, 4.69) is 28.4 Å². The molecule has 0 saturated carbocycles. The summed E-state index contributed by atoms with van der Waals surface area (Å²) in [5.41, 5.74) is 3.24. The zero-order valence-electron chi connectivity index (χ0n) is 9.64. The van der Waals surface area contributed by atoms with Crippen LogP contribution in [0, 0.1) is 6.92 Å². The summed E-state index contributed by atoms with van der Waals surface area (Å²) in [5, 5.41) is 7.53. The average molecular weight is 216 g/mol. The predicted molar refractivity (Wildman–Crippen MR) is 63.5 cm³/mol. The Balaban J connectivity index is 2.22. The summed E-state index contributed by atoms with van der Waals surface area (Å²) >= 11 is 0. The Kier molecular flexibility index (Phi) is 3.31. The highest BCUT2D eigenvalue weighted by Gasteiger charge is 2.00. The van der Waals surface area contributed by atoms with Crippen LogP contribution in [0.5, 0.6) is 0 Å². The Morgan fingerprint density at radius 3 is 3.00 bits per heavy atom. The quantitative estimate of drug-likeness (QED) is 0.845. The first-order chi connectivity index (χ1) is 7.79. The fourth-order valence-electron chi connectivity index (χ4n) is 1.51. The van der Waals surface area contributed by atoms with Gasteiger partial charge in [0.1, 0.15) is 0 Å². The molecular weight excluding hydrogens is 200 g/mol. The third-order valence-corrected chi connectivity index (χ3v) is 2.33. The molecular formula is C12H16N4. The highest BCUT2D eigenvalue weighted by atomic mass is 15.3. The second kappa shape index (κ2) is 4.90. The number of nitrogens with zero attached hydrogens (tertiary/aromatic N) is 3. The van der Waals surface area contributed by atoms with E-state index in [1.165, 1.54) is 0 Å². The molecule has 2 heterocycles. The molecule has 0 atom stereocenters. The van der Waals surface area contributed by atoms with Crippen molar-refractivity contribution in [1.29, 1.82) is 0 Å². The first-order valence-corrected chi connectivity index (χ1v) is 5.47. The molecule has 2 aromatic heterocycles. The Morgan fingerprint density at radius 2 is 2.31 bits per heavy atom. The lowest BCUT2D eigenvalue weighted by Crippen LogP contribution is -2.13. The van der Waals surface area contributed by atoms with Crippen LogP contribution in [0.25, 0.3) is 5.69 Å². The number of rotatable bonds is 4. The van der Waals surface area contributed by atoms with E-state index < -0.39 is 0 Å². The molecule has 1 N–H and O–H groups in total. The highest BCUT2D eigenvalue weighted by Crippen LogP contribution is 2.08. The monoisotopic (exact) mass is 216 g/mol. The fraction of sp³-hybridized carbons (Fsp3) is 0.333. The van der Waals surface area contributed by atoms with Crippen molar-refractivity contribution in [3.63, 3.8) is 0 Å². The largest absolute Gasteiger partial charge is 0.311 e. The van der Waals surface area contributed by atoms with Crippen molar-refractivity contribution < 1.29 is 0 Å². The number of hydrogen-bond donors (Lipinski definition) is 1. The van der Waals surface area contributed by atoms with E-state index in [0.29, 0.717) is 0 Å². The van der Waals surface area contributed by atoms with E-state index in [1.54, 1.807) is 0 Å². The first-order valence-electron chi connectivity index (χ1n) is 5.47. The maximum Gasteiger partial charge on any atom is 0.0679 e. The minimum atomic E-state index is 0.796.